The first-order chi connectivity index (χ1) is 13.0. The highest BCUT2D eigenvalue weighted by Gasteiger charge is 2.17. The first-order valence-electron chi connectivity index (χ1n) is 8.49. The number of rotatable bonds is 4. The summed E-state index contributed by atoms with van der Waals surface area (Å²) < 4.78 is 5.09. The van der Waals surface area contributed by atoms with Gasteiger partial charge in [0.25, 0.3) is 5.91 Å². The van der Waals surface area contributed by atoms with E-state index < -0.39 is 5.91 Å². The van der Waals surface area contributed by atoms with E-state index in [4.69, 9.17) is 40.2 Å². The van der Waals surface area contributed by atoms with E-state index in [2.05, 4.69) is 15.5 Å². The number of carbonyl (C=O) groups is 1. The Bertz CT molecular complexity index is 847. The molecule has 0 aliphatic carbocycles. The van der Waals surface area contributed by atoms with Gasteiger partial charge in [0.1, 0.15) is 0 Å². The molecular formula is C19H19Cl2N3O2S. The van der Waals surface area contributed by atoms with Crippen LogP contribution in [0.5, 0.6) is 5.75 Å². The van der Waals surface area contributed by atoms with E-state index in [1.165, 1.54) is 32.1 Å². The Balaban J connectivity index is 1.71. The van der Waals surface area contributed by atoms with Gasteiger partial charge in [-0.1, -0.05) is 35.3 Å². The number of halogens is 2. The maximum Gasteiger partial charge on any atom is 0.257 e. The molecule has 0 spiro atoms. The summed E-state index contributed by atoms with van der Waals surface area (Å²) in [6, 6.07) is 10.9. The molecule has 1 fully saturated rings. The molecule has 2 aromatic carbocycles. The molecule has 1 aliphatic rings. The third-order valence-corrected chi connectivity index (χ3v) is 5.06. The van der Waals surface area contributed by atoms with Crippen LogP contribution in [0.2, 0.25) is 10.0 Å². The van der Waals surface area contributed by atoms with Crippen molar-refractivity contribution in [2.24, 2.45) is 0 Å². The number of hydrogen-bond donors (Lipinski definition) is 2. The van der Waals surface area contributed by atoms with Crippen molar-refractivity contribution in [2.75, 3.05) is 30.4 Å². The average molecular weight is 424 g/mol. The number of nitrogens with one attached hydrogen (secondary N) is 2. The normalized spacial score (nSPS) is 13.4. The van der Waals surface area contributed by atoms with Crippen molar-refractivity contribution >= 4 is 57.8 Å². The highest BCUT2D eigenvalue weighted by molar-refractivity contribution is 7.80. The van der Waals surface area contributed by atoms with Crippen LogP contribution in [0.25, 0.3) is 0 Å². The lowest BCUT2D eigenvalue weighted by molar-refractivity contribution is 0.0977. The van der Waals surface area contributed by atoms with Gasteiger partial charge in [0, 0.05) is 18.7 Å². The molecule has 0 unspecified atom stereocenters. The van der Waals surface area contributed by atoms with Gasteiger partial charge in [-0.15, -0.1) is 0 Å². The van der Waals surface area contributed by atoms with Gasteiger partial charge in [-0.25, -0.2) is 0 Å². The van der Waals surface area contributed by atoms with Gasteiger partial charge in [-0.05, 0) is 49.3 Å². The van der Waals surface area contributed by atoms with Crippen molar-refractivity contribution in [1.29, 1.82) is 0 Å². The number of thiocarbonyl (C=S) groups is 1. The van der Waals surface area contributed by atoms with Crippen molar-refractivity contribution in [1.82, 2.24) is 5.32 Å². The van der Waals surface area contributed by atoms with Gasteiger partial charge in [-0.3, -0.25) is 10.1 Å². The molecule has 2 aromatic rings. The third kappa shape index (κ3) is 4.64. The molecule has 142 valence electrons. The number of para-hydroxylation sites is 2. The second-order valence-corrected chi connectivity index (χ2v) is 7.32. The fraction of sp³-hybridized carbons (Fsp3) is 0.263. The highest BCUT2D eigenvalue weighted by Crippen LogP contribution is 2.34. The molecule has 27 heavy (non-hydrogen) atoms. The zero-order valence-electron chi connectivity index (χ0n) is 14.7. The number of methoxy groups -OCH3 is 1. The van der Waals surface area contributed by atoms with Crippen molar-refractivity contribution in [2.45, 2.75) is 12.8 Å². The van der Waals surface area contributed by atoms with E-state index in [-0.39, 0.29) is 15.2 Å². The second kappa shape index (κ2) is 8.78. The molecule has 1 heterocycles. The molecule has 5 nitrogen and oxygen atoms in total. The molecule has 0 radical (unpaired) electrons. The van der Waals surface area contributed by atoms with E-state index >= 15 is 0 Å². The Morgan fingerprint density at radius 2 is 1.78 bits per heavy atom. The maximum atomic E-state index is 12.5. The Hall–Kier alpha value is -2.02. The smallest absolute Gasteiger partial charge is 0.257 e. The largest absolute Gasteiger partial charge is 0.494 e. The van der Waals surface area contributed by atoms with Crippen LogP contribution < -0.4 is 20.3 Å². The Labute approximate surface area is 173 Å². The van der Waals surface area contributed by atoms with Gasteiger partial charge in [0.2, 0.25) is 0 Å². The monoisotopic (exact) mass is 423 g/mol. The predicted octanol–water partition coefficient (Wildman–Crippen LogP) is 4.73. The molecular weight excluding hydrogens is 405 g/mol. The molecule has 0 bridgehead atoms. The maximum absolute atomic E-state index is 12.5. The van der Waals surface area contributed by atoms with E-state index in [1.54, 1.807) is 0 Å². The number of nitrogens with zero attached hydrogens (tertiary/aromatic N) is 1. The summed E-state index contributed by atoms with van der Waals surface area (Å²) in [5.41, 5.74) is 2.22. The lowest BCUT2D eigenvalue weighted by Gasteiger charge is -2.22. The summed E-state index contributed by atoms with van der Waals surface area (Å²) >= 11 is 17.5. The highest BCUT2D eigenvalue weighted by atomic mass is 35.5. The van der Waals surface area contributed by atoms with Gasteiger partial charge in [0.15, 0.2) is 10.9 Å². The number of anilines is 2. The summed E-state index contributed by atoms with van der Waals surface area (Å²) in [5.74, 6) is -0.0762. The summed E-state index contributed by atoms with van der Waals surface area (Å²) in [6.07, 6.45) is 2.35. The number of ether oxygens (including phenoxy) is 1. The quantitative estimate of drug-likeness (QED) is 0.696. The molecule has 1 aliphatic heterocycles. The minimum atomic E-state index is -0.405. The predicted molar refractivity (Wildman–Crippen MR) is 115 cm³/mol. The average Bonchev–Trinajstić information content (AvgIpc) is 3.16. The second-order valence-electron chi connectivity index (χ2n) is 6.09. The summed E-state index contributed by atoms with van der Waals surface area (Å²) in [6.45, 7) is 2.03. The molecule has 0 saturated carbocycles. The van der Waals surface area contributed by atoms with Crippen molar-refractivity contribution in [3.8, 4) is 5.75 Å². The first-order valence-corrected chi connectivity index (χ1v) is 9.65. The van der Waals surface area contributed by atoms with Crippen LogP contribution in [0.4, 0.5) is 11.4 Å². The van der Waals surface area contributed by atoms with Crippen LogP contribution in [0, 0.1) is 0 Å². The Morgan fingerprint density at radius 3 is 2.41 bits per heavy atom. The lowest BCUT2D eigenvalue weighted by Crippen LogP contribution is -2.34. The number of benzene rings is 2. The molecule has 8 heteroatoms. The molecule has 0 atom stereocenters. The topological polar surface area (TPSA) is 53.6 Å². The van der Waals surface area contributed by atoms with Crippen LogP contribution >= 0.6 is 35.4 Å². The van der Waals surface area contributed by atoms with E-state index in [1.807, 2.05) is 24.3 Å². The summed E-state index contributed by atoms with van der Waals surface area (Å²) in [7, 11) is 1.46. The van der Waals surface area contributed by atoms with Crippen molar-refractivity contribution < 1.29 is 9.53 Å². The number of hydrogen-bond acceptors (Lipinski definition) is 4. The molecule has 3 rings (SSSR count). The van der Waals surface area contributed by atoms with Crippen LogP contribution in [-0.2, 0) is 0 Å². The number of carbonyl (C=O) groups excluding carboxylic acids is 1. The van der Waals surface area contributed by atoms with Crippen molar-refractivity contribution in [3.63, 3.8) is 0 Å². The number of amides is 1. The summed E-state index contributed by atoms with van der Waals surface area (Å²) in [4.78, 5) is 14.8. The van der Waals surface area contributed by atoms with Gasteiger partial charge >= 0.3 is 0 Å². The van der Waals surface area contributed by atoms with Crippen LogP contribution in [0.1, 0.15) is 23.2 Å². The molecule has 1 amide bonds. The molecule has 0 aromatic heterocycles. The van der Waals surface area contributed by atoms with Crippen LogP contribution in [0.3, 0.4) is 0 Å². The zero-order valence-corrected chi connectivity index (χ0v) is 17.0. The van der Waals surface area contributed by atoms with E-state index in [0.29, 0.717) is 11.3 Å². The van der Waals surface area contributed by atoms with Gasteiger partial charge in [-0.2, -0.15) is 0 Å². The minimum absolute atomic E-state index is 0.203. The minimum Gasteiger partial charge on any atom is -0.494 e. The first kappa shape index (κ1) is 19.7. The van der Waals surface area contributed by atoms with Gasteiger partial charge in [0.05, 0.1) is 28.5 Å². The van der Waals surface area contributed by atoms with Crippen molar-refractivity contribution in [3.05, 3.63) is 52.0 Å². The Morgan fingerprint density at radius 1 is 1.15 bits per heavy atom. The third-order valence-electron chi connectivity index (χ3n) is 4.29. The van der Waals surface area contributed by atoms with Crippen LogP contribution in [0.15, 0.2) is 36.4 Å². The Kier molecular flexibility index (Phi) is 6.42. The lowest BCUT2D eigenvalue weighted by atomic mass is 10.2. The van der Waals surface area contributed by atoms with E-state index in [9.17, 15) is 4.79 Å². The fourth-order valence-electron chi connectivity index (χ4n) is 3.03. The SMILES string of the molecule is COc1c(Cl)cc(C(=O)NC(=S)Nc2ccccc2N2CCCC2)cc1Cl. The zero-order chi connectivity index (χ0) is 19.4. The van der Waals surface area contributed by atoms with Crippen LogP contribution in [-0.4, -0.2) is 31.2 Å². The fourth-order valence-corrected chi connectivity index (χ4v) is 3.87. The standard InChI is InChI=1S/C19H19Cl2N3O2S/c1-26-17-13(20)10-12(11-14(17)21)18(25)23-19(27)22-15-6-2-3-7-16(15)24-8-4-5-9-24/h2-3,6-7,10-11H,4-5,8-9H2,1H3,(H2,22,23,25,27). The summed E-state index contributed by atoms with van der Waals surface area (Å²) in [5, 5.41) is 6.49. The molecule has 1 saturated heterocycles. The molecule has 2 N–H and O–H groups in total. The van der Waals surface area contributed by atoms with Gasteiger partial charge < -0.3 is 15.0 Å². The van der Waals surface area contributed by atoms with E-state index in [0.717, 1.165) is 24.5 Å².